The van der Waals surface area contributed by atoms with Gasteiger partial charge in [-0.05, 0) is 57.0 Å². The van der Waals surface area contributed by atoms with Crippen LogP contribution in [0, 0.1) is 0 Å². The Morgan fingerprint density at radius 2 is 1.94 bits per heavy atom. The average Bonchev–Trinajstić information content (AvgIpc) is 2.35. The quantitative estimate of drug-likeness (QED) is 0.674. The van der Waals surface area contributed by atoms with E-state index < -0.39 is 0 Å². The highest BCUT2D eigenvalue weighted by molar-refractivity contribution is 6.35. The van der Waals surface area contributed by atoms with Gasteiger partial charge in [0.25, 0.3) is 0 Å². The van der Waals surface area contributed by atoms with Gasteiger partial charge in [-0.25, -0.2) is 0 Å². The molecular weight excluding hydrogens is 269 g/mol. The van der Waals surface area contributed by atoms with Gasteiger partial charge in [-0.1, -0.05) is 30.1 Å². The summed E-state index contributed by atoms with van der Waals surface area (Å²) in [4.78, 5) is 0. The molecule has 4 heteroatoms. The topological polar surface area (TPSA) is 21.3 Å². The van der Waals surface area contributed by atoms with Crippen molar-refractivity contribution in [2.24, 2.45) is 0 Å². The van der Waals surface area contributed by atoms with E-state index in [-0.39, 0.29) is 0 Å². The monoisotopic (exact) mass is 289 g/mol. The first kappa shape index (κ1) is 15.6. The van der Waals surface area contributed by atoms with E-state index in [1.54, 1.807) is 12.1 Å². The maximum atomic E-state index is 6.01. The molecule has 0 unspecified atom stereocenters. The Labute approximate surface area is 120 Å². The van der Waals surface area contributed by atoms with Crippen LogP contribution in [0.2, 0.25) is 10.0 Å². The van der Waals surface area contributed by atoms with Crippen LogP contribution >= 0.6 is 23.2 Å². The molecule has 1 N–H and O–H groups in total. The molecule has 0 radical (unpaired) electrons. The number of unbranched alkanes of at least 4 members (excludes halogenated alkanes) is 2. The molecule has 0 saturated carbocycles. The molecule has 18 heavy (non-hydrogen) atoms. The highest BCUT2D eigenvalue weighted by Gasteiger charge is 2.01. The Bertz CT molecular complexity index is 345. The Morgan fingerprint density at radius 3 is 2.67 bits per heavy atom. The zero-order chi connectivity index (χ0) is 13.2. The standard InChI is InChI=1S/C14H21Cl2NO/c1-2-8-17-9-4-3-5-10-18-14-7-6-12(15)11-13(14)16/h6-7,11,17H,2-5,8-10H2,1H3. The van der Waals surface area contributed by atoms with E-state index in [4.69, 9.17) is 27.9 Å². The molecule has 0 amide bonds. The lowest BCUT2D eigenvalue weighted by Crippen LogP contribution is -2.15. The van der Waals surface area contributed by atoms with E-state index >= 15 is 0 Å². The summed E-state index contributed by atoms with van der Waals surface area (Å²) in [7, 11) is 0. The maximum Gasteiger partial charge on any atom is 0.137 e. The number of benzene rings is 1. The molecular formula is C14H21Cl2NO. The fourth-order valence-electron chi connectivity index (χ4n) is 1.61. The maximum absolute atomic E-state index is 6.01. The van der Waals surface area contributed by atoms with E-state index in [2.05, 4.69) is 12.2 Å². The minimum absolute atomic E-state index is 0.576. The summed E-state index contributed by atoms with van der Waals surface area (Å²) in [5.41, 5.74) is 0. The van der Waals surface area contributed by atoms with Gasteiger partial charge < -0.3 is 10.1 Å². The number of hydrogen-bond acceptors (Lipinski definition) is 2. The SMILES string of the molecule is CCCNCCCCCOc1ccc(Cl)cc1Cl. The van der Waals surface area contributed by atoms with Crippen LogP contribution in [0.1, 0.15) is 32.6 Å². The fraction of sp³-hybridized carbons (Fsp3) is 0.571. The van der Waals surface area contributed by atoms with Crippen LogP contribution in [0.3, 0.4) is 0 Å². The summed E-state index contributed by atoms with van der Waals surface area (Å²) < 4.78 is 5.61. The van der Waals surface area contributed by atoms with Crippen molar-refractivity contribution in [1.82, 2.24) is 5.32 Å². The van der Waals surface area contributed by atoms with Crippen LogP contribution in [-0.4, -0.2) is 19.7 Å². The molecule has 0 aliphatic rings. The zero-order valence-corrected chi connectivity index (χ0v) is 12.4. The van der Waals surface area contributed by atoms with Gasteiger partial charge in [0.1, 0.15) is 5.75 Å². The fourth-order valence-corrected chi connectivity index (χ4v) is 2.07. The molecule has 0 atom stereocenters. The molecule has 0 bridgehead atoms. The number of hydrogen-bond donors (Lipinski definition) is 1. The van der Waals surface area contributed by atoms with E-state index in [9.17, 15) is 0 Å². The summed E-state index contributed by atoms with van der Waals surface area (Å²) in [6.45, 7) is 5.08. The lowest BCUT2D eigenvalue weighted by atomic mass is 10.2. The van der Waals surface area contributed by atoms with Crippen molar-refractivity contribution in [3.05, 3.63) is 28.2 Å². The average molecular weight is 290 g/mol. The highest BCUT2D eigenvalue weighted by Crippen LogP contribution is 2.27. The minimum Gasteiger partial charge on any atom is -0.492 e. The molecule has 0 spiro atoms. The summed E-state index contributed by atoms with van der Waals surface area (Å²) in [5, 5.41) is 4.59. The minimum atomic E-state index is 0.576. The first-order valence-corrected chi connectivity index (χ1v) is 7.28. The molecule has 0 saturated heterocycles. The first-order valence-electron chi connectivity index (χ1n) is 6.52. The van der Waals surface area contributed by atoms with Gasteiger partial charge >= 0.3 is 0 Å². The second kappa shape index (κ2) is 9.48. The molecule has 2 nitrogen and oxygen atoms in total. The van der Waals surface area contributed by atoms with Crippen LogP contribution in [0.4, 0.5) is 0 Å². The molecule has 1 aromatic rings. The van der Waals surface area contributed by atoms with Crippen molar-refractivity contribution in [2.75, 3.05) is 19.7 Å². The molecule has 1 rings (SSSR count). The van der Waals surface area contributed by atoms with Gasteiger partial charge in [-0.15, -0.1) is 0 Å². The molecule has 0 fully saturated rings. The third kappa shape index (κ3) is 6.48. The summed E-state index contributed by atoms with van der Waals surface area (Å²) in [6, 6.07) is 5.30. The second-order valence-electron chi connectivity index (χ2n) is 4.23. The molecule has 1 aromatic carbocycles. The van der Waals surface area contributed by atoms with Gasteiger partial charge in [-0.2, -0.15) is 0 Å². The summed E-state index contributed by atoms with van der Waals surface area (Å²) in [6.07, 6.45) is 4.60. The summed E-state index contributed by atoms with van der Waals surface area (Å²) in [5.74, 6) is 0.713. The van der Waals surface area contributed by atoms with Crippen molar-refractivity contribution in [1.29, 1.82) is 0 Å². The predicted molar refractivity (Wildman–Crippen MR) is 79.0 cm³/mol. The number of halogens is 2. The lowest BCUT2D eigenvalue weighted by Gasteiger charge is -2.08. The van der Waals surface area contributed by atoms with E-state index in [1.807, 2.05) is 6.07 Å². The number of ether oxygens (including phenoxy) is 1. The van der Waals surface area contributed by atoms with Crippen LogP contribution in [0.25, 0.3) is 0 Å². The van der Waals surface area contributed by atoms with Crippen molar-refractivity contribution >= 4 is 23.2 Å². The Kier molecular flexibility index (Phi) is 8.23. The van der Waals surface area contributed by atoms with Crippen molar-refractivity contribution in [3.63, 3.8) is 0 Å². The Hall–Kier alpha value is -0.440. The van der Waals surface area contributed by atoms with Crippen molar-refractivity contribution in [2.45, 2.75) is 32.6 Å². The third-order valence-corrected chi connectivity index (χ3v) is 3.11. The van der Waals surface area contributed by atoms with E-state index in [0.717, 1.165) is 19.5 Å². The first-order chi connectivity index (χ1) is 8.74. The second-order valence-corrected chi connectivity index (χ2v) is 5.08. The molecule has 0 aliphatic carbocycles. The van der Waals surface area contributed by atoms with Crippen molar-refractivity contribution < 1.29 is 4.74 Å². The molecule has 0 aliphatic heterocycles. The molecule has 102 valence electrons. The predicted octanol–water partition coefficient (Wildman–Crippen LogP) is 4.54. The Morgan fingerprint density at radius 1 is 1.11 bits per heavy atom. The number of rotatable bonds is 9. The molecule has 0 aromatic heterocycles. The third-order valence-electron chi connectivity index (χ3n) is 2.58. The number of nitrogens with one attached hydrogen (secondary N) is 1. The van der Waals surface area contributed by atoms with Gasteiger partial charge in [0.05, 0.1) is 11.6 Å². The van der Waals surface area contributed by atoms with Crippen LogP contribution < -0.4 is 10.1 Å². The van der Waals surface area contributed by atoms with Gasteiger partial charge in [0, 0.05) is 5.02 Å². The molecule has 0 heterocycles. The highest BCUT2D eigenvalue weighted by atomic mass is 35.5. The van der Waals surface area contributed by atoms with Crippen molar-refractivity contribution in [3.8, 4) is 5.75 Å². The van der Waals surface area contributed by atoms with Gasteiger partial charge in [0.2, 0.25) is 0 Å². The zero-order valence-electron chi connectivity index (χ0n) is 10.8. The lowest BCUT2D eigenvalue weighted by molar-refractivity contribution is 0.305. The van der Waals surface area contributed by atoms with E-state index in [0.29, 0.717) is 22.4 Å². The largest absolute Gasteiger partial charge is 0.492 e. The van der Waals surface area contributed by atoms with Crippen LogP contribution in [0.15, 0.2) is 18.2 Å². The van der Waals surface area contributed by atoms with E-state index in [1.165, 1.54) is 19.3 Å². The van der Waals surface area contributed by atoms with Gasteiger partial charge in [-0.3, -0.25) is 0 Å². The summed E-state index contributed by atoms with van der Waals surface area (Å²) >= 11 is 11.8. The smallest absolute Gasteiger partial charge is 0.137 e. The van der Waals surface area contributed by atoms with Crippen LogP contribution in [-0.2, 0) is 0 Å². The van der Waals surface area contributed by atoms with Crippen LogP contribution in [0.5, 0.6) is 5.75 Å². The Balaban J connectivity index is 2.07. The normalized spacial score (nSPS) is 10.6. The van der Waals surface area contributed by atoms with Gasteiger partial charge in [0.15, 0.2) is 0 Å².